The molecule has 16 heavy (non-hydrogen) atoms. The Bertz CT molecular complexity index is 238. The van der Waals surface area contributed by atoms with Gasteiger partial charge >= 0.3 is 5.97 Å². The van der Waals surface area contributed by atoms with Crippen molar-refractivity contribution in [1.82, 2.24) is 0 Å². The summed E-state index contributed by atoms with van der Waals surface area (Å²) in [7, 11) is 0. The zero-order chi connectivity index (χ0) is 12.3. The number of rotatable bonds is 2. The molecule has 1 saturated heterocycles. The highest BCUT2D eigenvalue weighted by atomic mass is 16.5. The van der Waals surface area contributed by atoms with Crippen molar-refractivity contribution in [2.75, 3.05) is 0 Å². The van der Waals surface area contributed by atoms with Gasteiger partial charge in [-0.05, 0) is 37.0 Å². The minimum absolute atomic E-state index is 0.0334. The average molecular weight is 226 g/mol. The normalized spacial score (nSPS) is 27.8. The SMILES string of the molecule is CC(C)CC1CCCC(C(C)(C)C)OC1=O. The summed E-state index contributed by atoms with van der Waals surface area (Å²) in [4.78, 5) is 12.0. The van der Waals surface area contributed by atoms with Crippen molar-refractivity contribution in [2.45, 2.75) is 66.4 Å². The maximum atomic E-state index is 12.0. The molecule has 0 saturated carbocycles. The smallest absolute Gasteiger partial charge is 0.309 e. The van der Waals surface area contributed by atoms with Gasteiger partial charge < -0.3 is 4.74 Å². The highest BCUT2D eigenvalue weighted by molar-refractivity contribution is 5.72. The van der Waals surface area contributed by atoms with Gasteiger partial charge in [0.2, 0.25) is 0 Å². The van der Waals surface area contributed by atoms with Crippen LogP contribution in [0.2, 0.25) is 0 Å². The maximum absolute atomic E-state index is 12.0. The van der Waals surface area contributed by atoms with Gasteiger partial charge in [-0.3, -0.25) is 4.79 Å². The Labute approximate surface area is 99.8 Å². The molecule has 0 aliphatic carbocycles. The molecule has 1 fully saturated rings. The van der Waals surface area contributed by atoms with Gasteiger partial charge in [-0.25, -0.2) is 0 Å². The van der Waals surface area contributed by atoms with E-state index in [2.05, 4.69) is 34.6 Å². The third-order valence-corrected chi connectivity index (χ3v) is 3.33. The second-order valence-electron chi connectivity index (χ2n) is 6.55. The van der Waals surface area contributed by atoms with E-state index in [0.29, 0.717) is 5.92 Å². The fourth-order valence-corrected chi connectivity index (χ4v) is 2.36. The van der Waals surface area contributed by atoms with Gasteiger partial charge in [0.1, 0.15) is 6.10 Å². The lowest BCUT2D eigenvalue weighted by molar-refractivity contribution is -0.158. The van der Waals surface area contributed by atoms with E-state index in [0.717, 1.165) is 25.7 Å². The van der Waals surface area contributed by atoms with E-state index >= 15 is 0 Å². The lowest BCUT2D eigenvalue weighted by Crippen LogP contribution is -2.31. The van der Waals surface area contributed by atoms with Crippen LogP contribution in [0.3, 0.4) is 0 Å². The van der Waals surface area contributed by atoms with Crippen molar-refractivity contribution >= 4 is 5.97 Å². The Morgan fingerprint density at radius 3 is 2.44 bits per heavy atom. The molecular formula is C14H26O2. The van der Waals surface area contributed by atoms with Crippen molar-refractivity contribution < 1.29 is 9.53 Å². The molecule has 0 radical (unpaired) electrons. The summed E-state index contributed by atoms with van der Waals surface area (Å²) in [6, 6.07) is 0. The van der Waals surface area contributed by atoms with Crippen LogP contribution < -0.4 is 0 Å². The van der Waals surface area contributed by atoms with Gasteiger partial charge in [0.25, 0.3) is 0 Å². The highest BCUT2D eigenvalue weighted by Gasteiger charge is 2.33. The van der Waals surface area contributed by atoms with E-state index in [1.54, 1.807) is 0 Å². The summed E-state index contributed by atoms with van der Waals surface area (Å²) in [6.07, 6.45) is 4.20. The molecule has 2 heteroatoms. The quantitative estimate of drug-likeness (QED) is 0.670. The minimum Gasteiger partial charge on any atom is -0.462 e. The summed E-state index contributed by atoms with van der Waals surface area (Å²) in [5.41, 5.74) is 0.0718. The van der Waals surface area contributed by atoms with Crippen molar-refractivity contribution in [3.8, 4) is 0 Å². The van der Waals surface area contributed by atoms with E-state index in [-0.39, 0.29) is 23.4 Å². The van der Waals surface area contributed by atoms with Crippen LogP contribution in [0.4, 0.5) is 0 Å². The van der Waals surface area contributed by atoms with Crippen LogP contribution >= 0.6 is 0 Å². The molecule has 0 aromatic heterocycles. The number of cyclic esters (lactones) is 1. The van der Waals surface area contributed by atoms with Crippen LogP contribution in [0.25, 0.3) is 0 Å². The first-order chi connectivity index (χ1) is 7.30. The van der Waals surface area contributed by atoms with Crippen LogP contribution in [0.5, 0.6) is 0 Å². The van der Waals surface area contributed by atoms with Crippen LogP contribution in [0, 0.1) is 17.3 Å². The predicted octanol–water partition coefficient (Wildman–Crippen LogP) is 3.79. The second-order valence-corrected chi connectivity index (χ2v) is 6.55. The molecule has 0 bridgehead atoms. The van der Waals surface area contributed by atoms with Crippen LogP contribution in [0.1, 0.15) is 60.3 Å². The molecule has 1 heterocycles. The third kappa shape index (κ3) is 3.80. The molecule has 1 aliphatic heterocycles. The monoisotopic (exact) mass is 226 g/mol. The topological polar surface area (TPSA) is 26.3 Å². The molecule has 0 amide bonds. The first-order valence-electron chi connectivity index (χ1n) is 6.51. The molecule has 0 aromatic carbocycles. The fourth-order valence-electron chi connectivity index (χ4n) is 2.36. The van der Waals surface area contributed by atoms with E-state index in [9.17, 15) is 4.79 Å². The number of ether oxygens (including phenoxy) is 1. The number of esters is 1. The molecule has 2 atom stereocenters. The van der Waals surface area contributed by atoms with Crippen molar-refractivity contribution in [3.05, 3.63) is 0 Å². The number of carbonyl (C=O) groups is 1. The minimum atomic E-state index is 0.0334. The van der Waals surface area contributed by atoms with Gasteiger partial charge in [-0.2, -0.15) is 0 Å². The zero-order valence-corrected chi connectivity index (χ0v) is 11.4. The Morgan fingerprint density at radius 1 is 1.31 bits per heavy atom. The standard InChI is InChI=1S/C14H26O2/c1-10(2)9-11-7-6-8-12(14(3,4)5)16-13(11)15/h10-12H,6-9H2,1-5H3. The van der Waals surface area contributed by atoms with Gasteiger partial charge in [-0.15, -0.1) is 0 Å². The Balaban J connectivity index is 2.62. The first kappa shape index (κ1) is 13.5. The Morgan fingerprint density at radius 2 is 1.94 bits per heavy atom. The average Bonchev–Trinajstić information content (AvgIpc) is 2.27. The number of hydrogen-bond donors (Lipinski definition) is 0. The van der Waals surface area contributed by atoms with Gasteiger partial charge in [0, 0.05) is 0 Å². The molecule has 1 aliphatic rings. The molecule has 2 nitrogen and oxygen atoms in total. The van der Waals surface area contributed by atoms with E-state index in [4.69, 9.17) is 4.74 Å². The first-order valence-corrected chi connectivity index (χ1v) is 6.51. The molecule has 0 aromatic rings. The fraction of sp³-hybridized carbons (Fsp3) is 0.929. The summed E-state index contributed by atoms with van der Waals surface area (Å²) >= 11 is 0. The molecule has 94 valence electrons. The Hall–Kier alpha value is -0.530. The molecule has 2 unspecified atom stereocenters. The molecule has 0 N–H and O–H groups in total. The number of carbonyl (C=O) groups excluding carboxylic acids is 1. The zero-order valence-electron chi connectivity index (χ0n) is 11.4. The lowest BCUT2D eigenvalue weighted by Gasteiger charge is -2.29. The molecular weight excluding hydrogens is 200 g/mol. The van der Waals surface area contributed by atoms with Gasteiger partial charge in [0.15, 0.2) is 0 Å². The summed E-state index contributed by atoms with van der Waals surface area (Å²) in [5.74, 6) is 0.738. The van der Waals surface area contributed by atoms with Crippen molar-refractivity contribution in [1.29, 1.82) is 0 Å². The van der Waals surface area contributed by atoms with E-state index < -0.39 is 0 Å². The van der Waals surface area contributed by atoms with Crippen molar-refractivity contribution in [2.24, 2.45) is 17.3 Å². The van der Waals surface area contributed by atoms with E-state index in [1.165, 1.54) is 0 Å². The van der Waals surface area contributed by atoms with Gasteiger partial charge in [0.05, 0.1) is 5.92 Å². The summed E-state index contributed by atoms with van der Waals surface area (Å²) < 4.78 is 5.65. The number of hydrogen-bond acceptors (Lipinski definition) is 2. The Kier molecular flexibility index (Phi) is 4.40. The predicted molar refractivity (Wildman–Crippen MR) is 66.1 cm³/mol. The lowest BCUT2D eigenvalue weighted by atomic mass is 9.86. The van der Waals surface area contributed by atoms with Crippen LogP contribution in [-0.2, 0) is 9.53 Å². The van der Waals surface area contributed by atoms with Gasteiger partial charge in [-0.1, -0.05) is 34.6 Å². The highest BCUT2D eigenvalue weighted by Crippen LogP contribution is 2.32. The van der Waals surface area contributed by atoms with Crippen molar-refractivity contribution in [3.63, 3.8) is 0 Å². The molecule has 1 rings (SSSR count). The summed E-state index contributed by atoms with van der Waals surface area (Å²) in [5, 5.41) is 0. The third-order valence-electron chi connectivity index (χ3n) is 3.33. The van der Waals surface area contributed by atoms with Crippen LogP contribution in [0.15, 0.2) is 0 Å². The largest absolute Gasteiger partial charge is 0.462 e. The van der Waals surface area contributed by atoms with E-state index in [1.807, 2.05) is 0 Å². The summed E-state index contributed by atoms with van der Waals surface area (Å²) in [6.45, 7) is 10.8. The molecule has 0 spiro atoms. The second kappa shape index (κ2) is 5.20. The van der Waals surface area contributed by atoms with Crippen LogP contribution in [-0.4, -0.2) is 12.1 Å². The maximum Gasteiger partial charge on any atom is 0.309 e.